The van der Waals surface area contributed by atoms with Crippen molar-refractivity contribution < 1.29 is 23.7 Å². The molecule has 0 aliphatic carbocycles. The van der Waals surface area contributed by atoms with Crippen molar-refractivity contribution >= 4 is 17.6 Å². The first-order valence-corrected chi connectivity index (χ1v) is 11.0. The van der Waals surface area contributed by atoms with Crippen LogP contribution in [0.4, 0.5) is 0 Å². The molecule has 7 nitrogen and oxygen atoms in total. The van der Waals surface area contributed by atoms with Gasteiger partial charge in [0, 0.05) is 49.6 Å². The van der Waals surface area contributed by atoms with E-state index in [0.29, 0.717) is 47.4 Å². The smallest absolute Gasteiger partial charge is 0.343 e. The van der Waals surface area contributed by atoms with Crippen LogP contribution < -0.4 is 14.9 Å². The second-order valence-electron chi connectivity index (χ2n) is 7.42. The molecule has 3 aromatic rings. The molecule has 1 atom stereocenters. The van der Waals surface area contributed by atoms with Gasteiger partial charge in [0.15, 0.2) is 5.43 Å². The number of aromatic nitrogens is 1. The van der Waals surface area contributed by atoms with Gasteiger partial charge in [-0.05, 0) is 13.0 Å². The predicted molar refractivity (Wildman–Crippen MR) is 124 cm³/mol. The summed E-state index contributed by atoms with van der Waals surface area (Å²) in [5, 5.41) is 0.390. The number of hydrogen-bond donors (Lipinski definition) is 0. The van der Waals surface area contributed by atoms with Crippen molar-refractivity contribution in [1.82, 2.24) is 4.57 Å². The topological polar surface area (TPSA) is 76.0 Å². The van der Waals surface area contributed by atoms with E-state index in [1.54, 1.807) is 30.7 Å². The van der Waals surface area contributed by atoms with E-state index in [4.69, 9.17) is 30.5 Å². The number of hydrogen-bond acceptors (Lipinski definition) is 6. The van der Waals surface area contributed by atoms with Crippen molar-refractivity contribution in [2.45, 2.75) is 19.6 Å². The molecule has 2 aromatic carbocycles. The van der Waals surface area contributed by atoms with Gasteiger partial charge < -0.3 is 23.5 Å². The minimum atomic E-state index is -0.673. The summed E-state index contributed by atoms with van der Waals surface area (Å²) in [5.74, 6) is 0.337. The maximum absolute atomic E-state index is 12.8. The minimum Gasteiger partial charge on any atom is -0.492 e. The normalized spacial score (nSPS) is 14.1. The first-order valence-electron chi connectivity index (χ1n) is 10.6. The van der Waals surface area contributed by atoms with Crippen molar-refractivity contribution in [1.29, 1.82) is 0 Å². The van der Waals surface area contributed by atoms with Crippen molar-refractivity contribution in [3.05, 3.63) is 81.1 Å². The average molecular weight is 470 g/mol. The fraction of sp³-hybridized carbons (Fsp3) is 0.280. The van der Waals surface area contributed by atoms with Crippen LogP contribution in [0, 0.1) is 0 Å². The number of fused-ring (bicyclic) bond motifs is 3. The third-order valence-electron chi connectivity index (χ3n) is 5.21. The number of esters is 1. The standard InChI is InChI=1S/C25H24ClNO6/c1-3-31-25(29)18-15-27-20(13-21(18)28)17-12-19(26)23(32-11-7-10-30-2)14-22(17)33-24(27)16-8-5-4-6-9-16/h4-6,8-9,12-15,24H,3,7,10-11H2,1-2H3. The number of methoxy groups -OCH3 is 1. The van der Waals surface area contributed by atoms with Crippen molar-refractivity contribution in [2.24, 2.45) is 0 Å². The van der Waals surface area contributed by atoms with Gasteiger partial charge in [-0.25, -0.2) is 4.79 Å². The van der Waals surface area contributed by atoms with Crippen LogP contribution in [0.1, 0.15) is 35.5 Å². The number of nitrogens with zero attached hydrogens (tertiary/aromatic N) is 1. The van der Waals surface area contributed by atoms with Crippen LogP contribution >= 0.6 is 11.6 Å². The van der Waals surface area contributed by atoms with Gasteiger partial charge in [0.25, 0.3) is 0 Å². The van der Waals surface area contributed by atoms with Gasteiger partial charge in [-0.15, -0.1) is 0 Å². The molecule has 1 aliphatic rings. The molecular formula is C25H24ClNO6. The fourth-order valence-electron chi connectivity index (χ4n) is 3.67. The number of ether oxygens (including phenoxy) is 4. The highest BCUT2D eigenvalue weighted by Crippen LogP contribution is 2.44. The van der Waals surface area contributed by atoms with Crippen LogP contribution in [0.15, 0.2) is 59.5 Å². The molecule has 0 bridgehead atoms. The Labute approximate surface area is 196 Å². The lowest BCUT2D eigenvalue weighted by Crippen LogP contribution is -2.28. The lowest BCUT2D eigenvalue weighted by molar-refractivity contribution is 0.0522. The molecule has 1 aliphatic heterocycles. The van der Waals surface area contributed by atoms with Gasteiger partial charge in [-0.1, -0.05) is 41.9 Å². The van der Waals surface area contributed by atoms with Crippen LogP contribution in [0.2, 0.25) is 5.02 Å². The first kappa shape index (κ1) is 22.9. The number of pyridine rings is 1. The Hall–Kier alpha value is -3.29. The summed E-state index contributed by atoms with van der Waals surface area (Å²) < 4.78 is 24.0. The van der Waals surface area contributed by atoms with E-state index in [1.807, 2.05) is 30.3 Å². The number of rotatable bonds is 8. The predicted octanol–water partition coefficient (Wildman–Crippen LogP) is 4.70. The summed E-state index contributed by atoms with van der Waals surface area (Å²) in [5.41, 5.74) is 1.56. The second kappa shape index (κ2) is 10.1. The van der Waals surface area contributed by atoms with Gasteiger partial charge in [-0.2, -0.15) is 0 Å². The van der Waals surface area contributed by atoms with Crippen LogP contribution in [-0.4, -0.2) is 37.5 Å². The lowest BCUT2D eigenvalue weighted by atomic mass is 10.0. The molecule has 8 heteroatoms. The second-order valence-corrected chi connectivity index (χ2v) is 7.83. The maximum Gasteiger partial charge on any atom is 0.343 e. The van der Waals surface area contributed by atoms with E-state index >= 15 is 0 Å². The molecule has 0 saturated heterocycles. The fourth-order valence-corrected chi connectivity index (χ4v) is 3.89. The van der Waals surface area contributed by atoms with Crippen LogP contribution in [0.3, 0.4) is 0 Å². The quantitative estimate of drug-likeness (QED) is 0.351. The average Bonchev–Trinajstić information content (AvgIpc) is 2.82. The summed E-state index contributed by atoms with van der Waals surface area (Å²) in [7, 11) is 1.64. The number of carbonyl (C=O) groups is 1. The number of carbonyl (C=O) groups excluding carboxylic acids is 1. The highest BCUT2D eigenvalue weighted by Gasteiger charge is 2.29. The summed E-state index contributed by atoms with van der Waals surface area (Å²) in [6, 6.07) is 14.4. The molecule has 0 amide bonds. The molecule has 0 saturated carbocycles. The SMILES string of the molecule is CCOC(=O)c1cn2c(cc1=O)-c1cc(Cl)c(OCCCOC)cc1OC2c1ccccc1. The molecule has 1 aromatic heterocycles. The third-order valence-corrected chi connectivity index (χ3v) is 5.51. The van der Waals surface area contributed by atoms with Crippen LogP contribution in [0.25, 0.3) is 11.3 Å². The van der Waals surface area contributed by atoms with Gasteiger partial charge in [0.05, 0.1) is 23.9 Å². The zero-order chi connectivity index (χ0) is 23.4. The summed E-state index contributed by atoms with van der Waals surface area (Å²) in [4.78, 5) is 25.2. The molecule has 0 N–H and O–H groups in total. The van der Waals surface area contributed by atoms with Gasteiger partial charge >= 0.3 is 5.97 Å². The first-order chi connectivity index (χ1) is 16.0. The Balaban J connectivity index is 1.82. The summed E-state index contributed by atoms with van der Waals surface area (Å²) in [6.07, 6.45) is 1.59. The molecule has 33 heavy (non-hydrogen) atoms. The zero-order valence-electron chi connectivity index (χ0n) is 18.4. The highest BCUT2D eigenvalue weighted by atomic mass is 35.5. The number of benzene rings is 2. The van der Waals surface area contributed by atoms with E-state index in [0.717, 1.165) is 5.56 Å². The molecule has 2 heterocycles. The zero-order valence-corrected chi connectivity index (χ0v) is 19.1. The Bertz CT molecular complexity index is 1210. The number of halogens is 1. The third kappa shape index (κ3) is 4.74. The minimum absolute atomic E-state index is 0.0576. The molecule has 0 radical (unpaired) electrons. The van der Waals surface area contributed by atoms with Crippen molar-refractivity contribution in [2.75, 3.05) is 26.9 Å². The van der Waals surface area contributed by atoms with E-state index in [9.17, 15) is 9.59 Å². The van der Waals surface area contributed by atoms with E-state index < -0.39 is 17.6 Å². The molecule has 1 unspecified atom stereocenters. The summed E-state index contributed by atoms with van der Waals surface area (Å²) in [6.45, 7) is 2.88. The Kier molecular flexibility index (Phi) is 7.01. The van der Waals surface area contributed by atoms with Crippen LogP contribution in [-0.2, 0) is 9.47 Å². The monoisotopic (exact) mass is 469 g/mol. The van der Waals surface area contributed by atoms with Crippen molar-refractivity contribution in [3.63, 3.8) is 0 Å². The Morgan fingerprint density at radius 3 is 2.67 bits per heavy atom. The Morgan fingerprint density at radius 2 is 1.94 bits per heavy atom. The molecule has 0 spiro atoms. The summed E-state index contributed by atoms with van der Waals surface area (Å²) >= 11 is 6.48. The maximum atomic E-state index is 12.8. The van der Waals surface area contributed by atoms with Gasteiger partial charge in [-0.3, -0.25) is 4.79 Å². The van der Waals surface area contributed by atoms with E-state index in [1.165, 1.54) is 12.3 Å². The molecule has 172 valence electrons. The van der Waals surface area contributed by atoms with Gasteiger partial charge in [0.2, 0.25) is 6.23 Å². The highest BCUT2D eigenvalue weighted by molar-refractivity contribution is 6.32. The van der Waals surface area contributed by atoms with Crippen LogP contribution in [0.5, 0.6) is 11.5 Å². The molecule has 0 fully saturated rings. The van der Waals surface area contributed by atoms with Gasteiger partial charge in [0.1, 0.15) is 17.1 Å². The Morgan fingerprint density at radius 1 is 1.15 bits per heavy atom. The molecular weight excluding hydrogens is 446 g/mol. The largest absolute Gasteiger partial charge is 0.492 e. The van der Waals surface area contributed by atoms with E-state index in [2.05, 4.69) is 0 Å². The lowest BCUT2D eigenvalue weighted by Gasteiger charge is -2.32. The van der Waals surface area contributed by atoms with Crippen molar-refractivity contribution in [3.8, 4) is 22.8 Å². The van der Waals surface area contributed by atoms with E-state index in [-0.39, 0.29) is 12.2 Å². The molecule has 4 rings (SSSR count).